The molecule has 4 nitrogen and oxygen atoms in total. The second-order valence-corrected chi connectivity index (χ2v) is 5.15. The van der Waals surface area contributed by atoms with E-state index in [1.807, 2.05) is 18.7 Å². The van der Waals surface area contributed by atoms with Crippen LogP contribution in [0, 0.1) is 6.92 Å². The van der Waals surface area contributed by atoms with Crippen molar-refractivity contribution in [2.24, 2.45) is 0 Å². The maximum Gasteiger partial charge on any atom is 0.205 e. The molecular formula is C8H15N3OS2. The van der Waals surface area contributed by atoms with E-state index in [9.17, 15) is 0 Å². The monoisotopic (exact) mass is 233 g/mol. The Morgan fingerprint density at radius 1 is 1.43 bits per heavy atom. The predicted molar refractivity (Wildman–Crippen MR) is 62.2 cm³/mol. The van der Waals surface area contributed by atoms with Gasteiger partial charge in [-0.15, -0.1) is 10.2 Å². The Bertz CT molecular complexity index is 254. The molecule has 0 aliphatic heterocycles. The van der Waals surface area contributed by atoms with Crippen LogP contribution >= 0.6 is 23.1 Å². The third-order valence-electron chi connectivity index (χ3n) is 1.50. The van der Waals surface area contributed by atoms with E-state index in [4.69, 9.17) is 5.11 Å². The molecule has 0 saturated carbocycles. The van der Waals surface area contributed by atoms with Gasteiger partial charge in [0.2, 0.25) is 5.13 Å². The Morgan fingerprint density at radius 3 is 2.93 bits per heavy atom. The molecular weight excluding hydrogens is 218 g/mol. The van der Waals surface area contributed by atoms with Gasteiger partial charge in [0.15, 0.2) is 0 Å². The molecule has 1 aromatic rings. The minimum Gasteiger partial charge on any atom is -0.396 e. The molecule has 0 saturated heterocycles. The van der Waals surface area contributed by atoms with Gasteiger partial charge in [-0.25, -0.2) is 0 Å². The topological polar surface area (TPSA) is 58.0 Å². The molecule has 1 rings (SSSR count). The molecule has 80 valence electrons. The number of rotatable bonds is 7. The van der Waals surface area contributed by atoms with Gasteiger partial charge in [-0.1, -0.05) is 11.3 Å². The lowest BCUT2D eigenvalue weighted by Crippen LogP contribution is -2.04. The molecule has 1 heterocycles. The molecule has 0 atom stereocenters. The molecule has 0 bridgehead atoms. The van der Waals surface area contributed by atoms with Gasteiger partial charge < -0.3 is 10.4 Å². The van der Waals surface area contributed by atoms with Crippen LogP contribution in [0.2, 0.25) is 0 Å². The largest absolute Gasteiger partial charge is 0.396 e. The fourth-order valence-corrected chi connectivity index (χ4v) is 2.27. The first-order chi connectivity index (χ1) is 6.83. The third-order valence-corrected chi connectivity index (χ3v) is 3.36. The maximum absolute atomic E-state index is 8.56. The predicted octanol–water partition coefficient (Wildman–Crippen LogP) is 1.37. The van der Waals surface area contributed by atoms with E-state index in [1.54, 1.807) is 11.3 Å². The molecule has 0 aliphatic rings. The van der Waals surface area contributed by atoms with Crippen LogP contribution in [-0.4, -0.2) is 40.0 Å². The summed E-state index contributed by atoms with van der Waals surface area (Å²) < 4.78 is 0. The highest BCUT2D eigenvalue weighted by molar-refractivity contribution is 7.99. The van der Waals surface area contributed by atoms with Crippen molar-refractivity contribution in [3.8, 4) is 0 Å². The lowest BCUT2D eigenvalue weighted by atomic mass is 10.5. The molecule has 0 amide bonds. The van der Waals surface area contributed by atoms with Crippen molar-refractivity contribution in [2.45, 2.75) is 13.3 Å². The van der Waals surface area contributed by atoms with Crippen molar-refractivity contribution >= 4 is 28.2 Å². The molecule has 6 heteroatoms. The SMILES string of the molecule is Cc1nnc(NCCSCCCO)s1. The smallest absolute Gasteiger partial charge is 0.205 e. The summed E-state index contributed by atoms with van der Waals surface area (Å²) >= 11 is 3.41. The number of hydrogen-bond donors (Lipinski definition) is 2. The van der Waals surface area contributed by atoms with Gasteiger partial charge in [0.1, 0.15) is 5.01 Å². The first-order valence-corrected chi connectivity index (χ1v) is 6.52. The minimum absolute atomic E-state index is 0.288. The standard InChI is InChI=1S/C8H15N3OS2/c1-7-10-11-8(14-7)9-3-6-13-5-2-4-12/h12H,2-6H2,1H3,(H,9,11). The Labute approximate surface area is 92.1 Å². The molecule has 0 fully saturated rings. The maximum atomic E-state index is 8.56. The van der Waals surface area contributed by atoms with Crippen LogP contribution in [0.15, 0.2) is 0 Å². The molecule has 0 aromatic carbocycles. The molecule has 14 heavy (non-hydrogen) atoms. The highest BCUT2D eigenvalue weighted by Gasteiger charge is 1.97. The van der Waals surface area contributed by atoms with Gasteiger partial charge in [-0.2, -0.15) is 11.8 Å². The summed E-state index contributed by atoms with van der Waals surface area (Å²) in [7, 11) is 0. The summed E-state index contributed by atoms with van der Waals surface area (Å²) in [5.41, 5.74) is 0. The number of aryl methyl sites for hydroxylation is 1. The zero-order valence-electron chi connectivity index (χ0n) is 8.19. The van der Waals surface area contributed by atoms with Gasteiger partial charge in [0, 0.05) is 18.9 Å². The Hall–Kier alpha value is -0.330. The number of thioether (sulfide) groups is 1. The second kappa shape index (κ2) is 7.03. The van der Waals surface area contributed by atoms with Crippen molar-refractivity contribution < 1.29 is 5.11 Å². The van der Waals surface area contributed by atoms with Crippen LogP contribution in [0.5, 0.6) is 0 Å². The number of aliphatic hydroxyl groups is 1. The number of hydrogen-bond acceptors (Lipinski definition) is 6. The van der Waals surface area contributed by atoms with Gasteiger partial charge in [0.05, 0.1) is 0 Å². The fourth-order valence-electron chi connectivity index (χ4n) is 0.867. The third kappa shape index (κ3) is 4.78. The van der Waals surface area contributed by atoms with Gasteiger partial charge in [-0.05, 0) is 19.1 Å². The number of aromatic nitrogens is 2. The Kier molecular flexibility index (Phi) is 5.89. The van der Waals surface area contributed by atoms with Crippen LogP contribution < -0.4 is 5.32 Å². The van der Waals surface area contributed by atoms with E-state index < -0.39 is 0 Å². The van der Waals surface area contributed by atoms with E-state index in [0.29, 0.717) is 0 Å². The van der Waals surface area contributed by atoms with Crippen molar-refractivity contribution in [3.05, 3.63) is 5.01 Å². The average Bonchev–Trinajstić information content (AvgIpc) is 2.58. The lowest BCUT2D eigenvalue weighted by molar-refractivity contribution is 0.296. The lowest BCUT2D eigenvalue weighted by Gasteiger charge is -2.00. The minimum atomic E-state index is 0.288. The van der Waals surface area contributed by atoms with Crippen molar-refractivity contribution in [3.63, 3.8) is 0 Å². The molecule has 2 N–H and O–H groups in total. The van der Waals surface area contributed by atoms with E-state index in [0.717, 1.165) is 34.6 Å². The number of aliphatic hydroxyl groups excluding tert-OH is 1. The van der Waals surface area contributed by atoms with Crippen molar-refractivity contribution in [2.75, 3.05) is 30.0 Å². The summed E-state index contributed by atoms with van der Waals surface area (Å²) in [6.07, 6.45) is 0.878. The zero-order chi connectivity index (χ0) is 10.2. The Morgan fingerprint density at radius 2 is 2.29 bits per heavy atom. The van der Waals surface area contributed by atoms with Crippen molar-refractivity contribution in [1.29, 1.82) is 0 Å². The van der Waals surface area contributed by atoms with Crippen LogP contribution in [0.4, 0.5) is 5.13 Å². The Balaban J connectivity index is 1.99. The highest BCUT2D eigenvalue weighted by Crippen LogP contribution is 2.13. The summed E-state index contributed by atoms with van der Waals surface area (Å²) in [4.78, 5) is 0. The average molecular weight is 233 g/mol. The van der Waals surface area contributed by atoms with Crippen LogP contribution in [0.3, 0.4) is 0 Å². The normalized spacial score (nSPS) is 10.4. The van der Waals surface area contributed by atoms with Crippen LogP contribution in [-0.2, 0) is 0 Å². The number of anilines is 1. The summed E-state index contributed by atoms with van der Waals surface area (Å²) in [6.45, 7) is 3.14. The molecule has 0 radical (unpaired) electrons. The van der Waals surface area contributed by atoms with Crippen molar-refractivity contribution in [1.82, 2.24) is 10.2 Å². The first kappa shape index (κ1) is 11.7. The van der Waals surface area contributed by atoms with E-state index >= 15 is 0 Å². The summed E-state index contributed by atoms with van der Waals surface area (Å²) in [6, 6.07) is 0. The van der Waals surface area contributed by atoms with E-state index in [-0.39, 0.29) is 6.61 Å². The van der Waals surface area contributed by atoms with Crippen LogP contribution in [0.25, 0.3) is 0 Å². The van der Waals surface area contributed by atoms with E-state index in [1.165, 1.54) is 0 Å². The fraction of sp³-hybridized carbons (Fsp3) is 0.750. The van der Waals surface area contributed by atoms with Crippen LogP contribution in [0.1, 0.15) is 11.4 Å². The number of nitrogens with one attached hydrogen (secondary N) is 1. The molecule has 1 aromatic heterocycles. The quantitative estimate of drug-likeness (QED) is 0.697. The summed E-state index contributed by atoms with van der Waals surface area (Å²) in [5, 5.41) is 21.5. The number of nitrogens with zero attached hydrogens (tertiary/aromatic N) is 2. The van der Waals surface area contributed by atoms with Gasteiger partial charge in [-0.3, -0.25) is 0 Å². The van der Waals surface area contributed by atoms with Gasteiger partial charge in [0.25, 0.3) is 0 Å². The molecule has 0 spiro atoms. The second-order valence-electron chi connectivity index (χ2n) is 2.74. The van der Waals surface area contributed by atoms with E-state index in [2.05, 4.69) is 15.5 Å². The summed E-state index contributed by atoms with van der Waals surface area (Å²) in [5.74, 6) is 2.06. The molecule has 0 aliphatic carbocycles. The highest BCUT2D eigenvalue weighted by atomic mass is 32.2. The molecule has 0 unspecified atom stereocenters. The zero-order valence-corrected chi connectivity index (χ0v) is 9.83. The van der Waals surface area contributed by atoms with Gasteiger partial charge >= 0.3 is 0 Å². The first-order valence-electron chi connectivity index (χ1n) is 4.55.